The molecule has 0 aliphatic heterocycles. The highest BCUT2D eigenvalue weighted by Gasteiger charge is 2.19. The molecule has 1 amide bonds. The highest BCUT2D eigenvalue weighted by molar-refractivity contribution is 7.07. The third-order valence-corrected chi connectivity index (χ3v) is 3.90. The molecule has 0 bridgehead atoms. The fourth-order valence-corrected chi connectivity index (χ4v) is 2.69. The summed E-state index contributed by atoms with van der Waals surface area (Å²) in [4.78, 5) is 23.1. The lowest BCUT2D eigenvalue weighted by atomic mass is 9.99. The van der Waals surface area contributed by atoms with E-state index in [-0.39, 0.29) is 12.5 Å². The Balaban J connectivity index is 1.85. The Bertz CT molecular complexity index is 581. The molecule has 1 aromatic carbocycles. The molecular formula is C16H17NO3S. The van der Waals surface area contributed by atoms with Gasteiger partial charge in [-0.15, -0.1) is 0 Å². The van der Waals surface area contributed by atoms with Gasteiger partial charge in [-0.3, -0.25) is 9.59 Å². The maximum atomic E-state index is 11.8. The molecule has 1 aromatic heterocycles. The molecule has 0 aliphatic carbocycles. The second kappa shape index (κ2) is 7.59. The van der Waals surface area contributed by atoms with Crippen LogP contribution in [-0.2, 0) is 22.4 Å². The first kappa shape index (κ1) is 15.3. The molecule has 0 aliphatic rings. The molecule has 0 saturated carbocycles. The smallest absolute Gasteiger partial charge is 0.308 e. The number of benzene rings is 1. The van der Waals surface area contributed by atoms with Gasteiger partial charge in [0.05, 0.1) is 12.3 Å². The Morgan fingerprint density at radius 1 is 1.14 bits per heavy atom. The molecule has 110 valence electrons. The van der Waals surface area contributed by atoms with Crippen molar-refractivity contribution < 1.29 is 14.7 Å². The van der Waals surface area contributed by atoms with Gasteiger partial charge in [-0.1, -0.05) is 30.3 Å². The molecule has 1 unspecified atom stereocenters. The van der Waals surface area contributed by atoms with E-state index >= 15 is 0 Å². The van der Waals surface area contributed by atoms with Crippen molar-refractivity contribution in [2.45, 2.75) is 12.8 Å². The summed E-state index contributed by atoms with van der Waals surface area (Å²) in [7, 11) is 0. The van der Waals surface area contributed by atoms with E-state index in [4.69, 9.17) is 0 Å². The molecule has 0 spiro atoms. The number of carbonyl (C=O) groups excluding carboxylic acids is 1. The molecule has 2 aromatic rings. The number of carboxylic acids is 1. The van der Waals surface area contributed by atoms with Crippen molar-refractivity contribution in [2.24, 2.45) is 5.92 Å². The molecule has 1 atom stereocenters. The van der Waals surface area contributed by atoms with Crippen molar-refractivity contribution in [3.63, 3.8) is 0 Å². The van der Waals surface area contributed by atoms with Gasteiger partial charge in [0.15, 0.2) is 0 Å². The number of thiophene rings is 1. The quantitative estimate of drug-likeness (QED) is 0.825. The number of carboxylic acid groups (broad SMARTS) is 1. The van der Waals surface area contributed by atoms with Crippen LogP contribution in [0.15, 0.2) is 47.2 Å². The molecule has 2 N–H and O–H groups in total. The second-order valence-corrected chi connectivity index (χ2v) is 5.62. The number of hydrogen-bond donors (Lipinski definition) is 2. The van der Waals surface area contributed by atoms with Crippen molar-refractivity contribution in [2.75, 3.05) is 6.54 Å². The van der Waals surface area contributed by atoms with Crippen molar-refractivity contribution in [3.8, 4) is 0 Å². The topological polar surface area (TPSA) is 66.4 Å². The van der Waals surface area contributed by atoms with Crippen molar-refractivity contribution >= 4 is 23.2 Å². The summed E-state index contributed by atoms with van der Waals surface area (Å²) < 4.78 is 0. The summed E-state index contributed by atoms with van der Waals surface area (Å²) in [6.45, 7) is 0.146. The van der Waals surface area contributed by atoms with Crippen LogP contribution >= 0.6 is 11.3 Å². The third-order valence-electron chi connectivity index (χ3n) is 3.16. The monoisotopic (exact) mass is 303 g/mol. The molecular weight excluding hydrogens is 286 g/mol. The summed E-state index contributed by atoms with van der Waals surface area (Å²) >= 11 is 1.54. The standard InChI is InChI=1S/C16H17NO3S/c18-15(9-13-6-7-21-11-13)17-10-14(16(19)20)8-12-4-2-1-3-5-12/h1-7,11,14H,8-10H2,(H,17,18)(H,19,20). The van der Waals surface area contributed by atoms with Gasteiger partial charge in [0, 0.05) is 6.54 Å². The zero-order valence-electron chi connectivity index (χ0n) is 11.5. The van der Waals surface area contributed by atoms with Crippen LogP contribution in [0.3, 0.4) is 0 Å². The Morgan fingerprint density at radius 2 is 1.90 bits per heavy atom. The molecule has 1 heterocycles. The molecule has 0 radical (unpaired) electrons. The minimum absolute atomic E-state index is 0.146. The Kier molecular flexibility index (Phi) is 5.51. The zero-order chi connectivity index (χ0) is 15.1. The van der Waals surface area contributed by atoms with Gasteiger partial charge in [0.1, 0.15) is 0 Å². The SMILES string of the molecule is O=C(Cc1ccsc1)NCC(Cc1ccccc1)C(=O)O. The predicted octanol–water partition coefficient (Wildman–Crippen LogP) is 2.35. The summed E-state index contributed by atoms with van der Waals surface area (Å²) in [5.74, 6) is -1.65. The summed E-state index contributed by atoms with van der Waals surface area (Å²) in [6.07, 6.45) is 0.704. The number of carbonyl (C=O) groups is 2. The van der Waals surface area contributed by atoms with Crippen molar-refractivity contribution in [1.82, 2.24) is 5.32 Å². The summed E-state index contributed by atoms with van der Waals surface area (Å²) in [5.41, 5.74) is 1.91. The normalized spacial score (nSPS) is 11.8. The fraction of sp³-hybridized carbons (Fsp3) is 0.250. The average molecular weight is 303 g/mol. The van der Waals surface area contributed by atoms with E-state index in [0.29, 0.717) is 12.8 Å². The summed E-state index contributed by atoms with van der Waals surface area (Å²) in [5, 5.41) is 15.8. The lowest BCUT2D eigenvalue weighted by molar-refractivity contribution is -0.141. The van der Waals surface area contributed by atoms with Crippen LogP contribution in [0.1, 0.15) is 11.1 Å². The van der Waals surface area contributed by atoms with E-state index in [2.05, 4.69) is 5.32 Å². The van der Waals surface area contributed by atoms with Gasteiger partial charge in [-0.2, -0.15) is 11.3 Å². The van der Waals surface area contributed by atoms with Gasteiger partial charge < -0.3 is 10.4 Å². The van der Waals surface area contributed by atoms with Crippen molar-refractivity contribution in [3.05, 3.63) is 58.3 Å². The van der Waals surface area contributed by atoms with Gasteiger partial charge in [0.2, 0.25) is 5.91 Å². The van der Waals surface area contributed by atoms with Crippen LogP contribution in [-0.4, -0.2) is 23.5 Å². The third kappa shape index (κ3) is 5.04. The molecule has 5 heteroatoms. The van der Waals surface area contributed by atoms with Crippen LogP contribution in [0.25, 0.3) is 0 Å². The lowest BCUT2D eigenvalue weighted by Gasteiger charge is -2.13. The van der Waals surface area contributed by atoms with Gasteiger partial charge in [0.25, 0.3) is 0 Å². The number of amides is 1. The highest BCUT2D eigenvalue weighted by atomic mass is 32.1. The van der Waals surface area contributed by atoms with Crippen LogP contribution in [0, 0.1) is 5.92 Å². The lowest BCUT2D eigenvalue weighted by Crippen LogP contribution is -2.34. The number of aliphatic carboxylic acids is 1. The van der Waals surface area contributed by atoms with Crippen molar-refractivity contribution in [1.29, 1.82) is 0 Å². The first-order valence-corrected chi connectivity index (χ1v) is 7.64. The molecule has 0 saturated heterocycles. The average Bonchev–Trinajstić information content (AvgIpc) is 2.97. The predicted molar refractivity (Wildman–Crippen MR) is 82.3 cm³/mol. The zero-order valence-corrected chi connectivity index (χ0v) is 12.3. The molecule has 4 nitrogen and oxygen atoms in total. The second-order valence-electron chi connectivity index (χ2n) is 4.84. The minimum Gasteiger partial charge on any atom is -0.481 e. The first-order valence-electron chi connectivity index (χ1n) is 6.69. The highest BCUT2D eigenvalue weighted by Crippen LogP contribution is 2.09. The Hall–Kier alpha value is -2.14. The van der Waals surface area contributed by atoms with E-state index < -0.39 is 11.9 Å². The van der Waals surface area contributed by atoms with Gasteiger partial charge in [-0.25, -0.2) is 0 Å². The largest absolute Gasteiger partial charge is 0.481 e. The van der Waals surface area contributed by atoms with E-state index in [0.717, 1.165) is 11.1 Å². The van der Waals surface area contributed by atoms with E-state index in [1.54, 1.807) is 0 Å². The van der Waals surface area contributed by atoms with E-state index in [1.807, 2.05) is 47.2 Å². The Morgan fingerprint density at radius 3 is 2.52 bits per heavy atom. The van der Waals surface area contributed by atoms with Crippen LogP contribution in [0.5, 0.6) is 0 Å². The number of nitrogens with one attached hydrogen (secondary N) is 1. The maximum Gasteiger partial charge on any atom is 0.308 e. The van der Waals surface area contributed by atoms with E-state index in [9.17, 15) is 14.7 Å². The molecule has 2 rings (SSSR count). The fourth-order valence-electron chi connectivity index (χ4n) is 2.02. The summed E-state index contributed by atoms with van der Waals surface area (Å²) in [6, 6.07) is 11.3. The molecule has 21 heavy (non-hydrogen) atoms. The molecule has 0 fully saturated rings. The minimum atomic E-state index is -0.894. The van der Waals surface area contributed by atoms with E-state index in [1.165, 1.54) is 11.3 Å². The number of rotatable bonds is 7. The number of hydrogen-bond acceptors (Lipinski definition) is 3. The van der Waals surface area contributed by atoms with Crippen LogP contribution in [0.2, 0.25) is 0 Å². The van der Waals surface area contributed by atoms with Gasteiger partial charge in [-0.05, 0) is 34.4 Å². The van der Waals surface area contributed by atoms with Crippen LogP contribution in [0.4, 0.5) is 0 Å². The van der Waals surface area contributed by atoms with Crippen LogP contribution < -0.4 is 5.32 Å². The first-order chi connectivity index (χ1) is 10.1. The Labute approximate surface area is 127 Å². The van der Waals surface area contributed by atoms with Gasteiger partial charge >= 0.3 is 5.97 Å². The maximum absolute atomic E-state index is 11.8.